The van der Waals surface area contributed by atoms with Crippen LogP contribution in [0.3, 0.4) is 0 Å². The number of fused-ring (bicyclic) bond motifs is 2. The summed E-state index contributed by atoms with van der Waals surface area (Å²) in [4.78, 5) is 50.9. The van der Waals surface area contributed by atoms with Crippen molar-refractivity contribution in [2.24, 2.45) is 23.2 Å². The van der Waals surface area contributed by atoms with Crippen molar-refractivity contribution in [3.63, 3.8) is 0 Å². The topological polar surface area (TPSA) is 110 Å². The maximum atomic E-state index is 13.7. The molecule has 1 amide bonds. The van der Waals surface area contributed by atoms with E-state index in [4.69, 9.17) is 14.7 Å². The molecule has 0 spiro atoms. The zero-order chi connectivity index (χ0) is 31.4. The number of hydrogen-bond donors (Lipinski definition) is 1. The lowest BCUT2D eigenvalue weighted by Crippen LogP contribution is -2.37. The van der Waals surface area contributed by atoms with E-state index in [0.29, 0.717) is 50.4 Å². The van der Waals surface area contributed by atoms with Crippen LogP contribution in [-0.4, -0.2) is 57.3 Å². The molecule has 0 radical (unpaired) electrons. The number of carboxylic acid groups (broad SMARTS) is 1. The van der Waals surface area contributed by atoms with Gasteiger partial charge in [0.2, 0.25) is 11.8 Å². The number of carbonyl (C=O) groups is 3. The van der Waals surface area contributed by atoms with E-state index in [0.717, 1.165) is 36.1 Å². The van der Waals surface area contributed by atoms with E-state index in [1.165, 1.54) is 0 Å². The number of carbonyl (C=O) groups excluding carboxylic acids is 2. The van der Waals surface area contributed by atoms with Gasteiger partial charge in [-0.1, -0.05) is 72.8 Å². The fourth-order valence-corrected chi connectivity index (χ4v) is 7.10. The molecule has 0 saturated heterocycles. The third kappa shape index (κ3) is 6.85. The molecule has 2 aliphatic carbocycles. The molecule has 0 bridgehead atoms. The van der Waals surface area contributed by atoms with Crippen molar-refractivity contribution in [1.29, 1.82) is 0 Å². The number of aromatic nitrogens is 2. The van der Waals surface area contributed by atoms with Crippen molar-refractivity contribution in [1.82, 2.24) is 14.9 Å². The second kappa shape index (κ2) is 13.3. The molecule has 5 atom stereocenters. The van der Waals surface area contributed by atoms with Gasteiger partial charge in [-0.15, -0.1) is 0 Å². The van der Waals surface area contributed by atoms with Gasteiger partial charge in [0, 0.05) is 43.1 Å². The number of amides is 1. The highest BCUT2D eigenvalue weighted by molar-refractivity contribution is 5.89. The molecule has 45 heavy (non-hydrogen) atoms. The van der Waals surface area contributed by atoms with Crippen molar-refractivity contribution < 1.29 is 24.2 Å². The number of Topliss-reactive ketones (excluding diaryl/α,β-unsaturated/α-hetero) is 1. The molecule has 3 aliphatic rings. The van der Waals surface area contributed by atoms with Gasteiger partial charge in [0.1, 0.15) is 11.9 Å². The van der Waals surface area contributed by atoms with Crippen molar-refractivity contribution in [3.8, 4) is 28.5 Å². The van der Waals surface area contributed by atoms with Crippen molar-refractivity contribution in [3.05, 3.63) is 78.9 Å². The molecular weight excluding hydrogens is 566 g/mol. The monoisotopic (exact) mass is 607 g/mol. The highest BCUT2D eigenvalue weighted by atomic mass is 16.5. The van der Waals surface area contributed by atoms with Crippen LogP contribution in [0.5, 0.6) is 5.88 Å². The van der Waals surface area contributed by atoms with Gasteiger partial charge in [-0.25, -0.2) is 4.98 Å². The first-order chi connectivity index (χ1) is 21.8. The van der Waals surface area contributed by atoms with Crippen LogP contribution in [0.25, 0.3) is 22.6 Å². The first kappa shape index (κ1) is 30.7. The zero-order valence-electron chi connectivity index (χ0n) is 25.8. The highest BCUT2D eigenvalue weighted by Gasteiger charge is 2.58. The lowest BCUT2D eigenvalue weighted by molar-refractivity contribution is -0.144. The molecular formula is C37H41N3O5. The first-order valence-corrected chi connectivity index (χ1v) is 16.2. The minimum Gasteiger partial charge on any atom is -0.481 e. The summed E-state index contributed by atoms with van der Waals surface area (Å²) in [5.74, 6) is -0.742. The molecule has 8 heteroatoms. The maximum absolute atomic E-state index is 13.7. The van der Waals surface area contributed by atoms with Crippen molar-refractivity contribution >= 4 is 17.7 Å². The van der Waals surface area contributed by atoms with Gasteiger partial charge in [-0.05, 0) is 57.3 Å². The molecule has 2 saturated carbocycles. The van der Waals surface area contributed by atoms with E-state index >= 15 is 0 Å². The predicted molar refractivity (Wildman–Crippen MR) is 171 cm³/mol. The summed E-state index contributed by atoms with van der Waals surface area (Å²) in [6, 6.07) is 21.4. The number of ether oxygens (including phenoxy) is 1. The summed E-state index contributed by atoms with van der Waals surface area (Å²) in [7, 11) is 1.82. The van der Waals surface area contributed by atoms with Gasteiger partial charge >= 0.3 is 5.97 Å². The van der Waals surface area contributed by atoms with Crippen LogP contribution in [0.4, 0.5) is 0 Å². The van der Waals surface area contributed by atoms with Crippen LogP contribution in [0.1, 0.15) is 57.8 Å². The predicted octanol–water partition coefficient (Wildman–Crippen LogP) is 6.61. The zero-order valence-corrected chi connectivity index (χ0v) is 25.8. The van der Waals surface area contributed by atoms with Gasteiger partial charge in [0.15, 0.2) is 5.82 Å². The molecule has 6 rings (SSSR count). The SMILES string of the molecule is CN1CCCC/C=C\[C@@H]2C[C@@]2(C(=O)O)CCCC(=O)[C@@H]2C[C@@H](Oc3cc(-c4ccccc4)nc(-c4ccccc4)n3)C[C@H]2C1=O. The number of allylic oxidation sites excluding steroid dienone is 2. The number of nitrogens with zero attached hydrogens (tertiary/aromatic N) is 3. The Bertz CT molecular complexity index is 1500. The molecule has 1 aliphatic heterocycles. The summed E-state index contributed by atoms with van der Waals surface area (Å²) in [6.07, 6.45) is 9.11. The van der Waals surface area contributed by atoms with E-state index in [-0.39, 0.29) is 30.1 Å². The van der Waals surface area contributed by atoms with E-state index in [1.807, 2.05) is 79.9 Å². The normalized spacial score (nSPS) is 28.2. The second-order valence-electron chi connectivity index (χ2n) is 12.8. The molecule has 234 valence electrons. The van der Waals surface area contributed by atoms with Crippen molar-refractivity contribution in [2.75, 3.05) is 13.6 Å². The molecule has 1 aromatic heterocycles. The number of hydrogen-bond acceptors (Lipinski definition) is 6. The van der Waals surface area contributed by atoms with Crippen molar-refractivity contribution in [2.45, 2.75) is 63.9 Å². The number of carboxylic acids is 1. The van der Waals surface area contributed by atoms with Gasteiger partial charge in [0.25, 0.3) is 0 Å². The molecule has 2 heterocycles. The summed E-state index contributed by atoms with van der Waals surface area (Å²) in [5, 5.41) is 9.97. The fourth-order valence-electron chi connectivity index (χ4n) is 7.10. The van der Waals surface area contributed by atoms with Crippen LogP contribution in [-0.2, 0) is 14.4 Å². The first-order valence-electron chi connectivity index (χ1n) is 16.2. The smallest absolute Gasteiger partial charge is 0.310 e. The van der Waals surface area contributed by atoms with Crippen LogP contribution in [0, 0.1) is 23.2 Å². The summed E-state index contributed by atoms with van der Waals surface area (Å²) in [6.45, 7) is 0.616. The van der Waals surface area contributed by atoms with Gasteiger partial charge in [-0.2, -0.15) is 4.98 Å². The standard InChI is InChI=1S/C37H41N3O5/c1-40-20-11-3-2-10-17-27-24-37(27,36(43)44)19-12-18-32(41)29-21-28(22-30(29)35(40)42)45-33-23-31(25-13-6-4-7-14-25)38-34(39-33)26-15-8-5-9-16-26/h4-10,13-17,23,27-30H,2-3,11-12,18-22,24H2,1H3,(H,43,44)/b17-10-/t27-,28-,29-,30-,37+/m1/s1. The summed E-state index contributed by atoms with van der Waals surface area (Å²) >= 11 is 0. The Morgan fingerprint density at radius 3 is 2.38 bits per heavy atom. The van der Waals surface area contributed by atoms with Crippen LogP contribution in [0.2, 0.25) is 0 Å². The second-order valence-corrected chi connectivity index (χ2v) is 12.8. The van der Waals surface area contributed by atoms with Crippen LogP contribution < -0.4 is 4.74 Å². The molecule has 2 fully saturated rings. The van der Waals surface area contributed by atoms with Gasteiger partial charge in [-0.3, -0.25) is 14.4 Å². The quantitative estimate of drug-likeness (QED) is 0.325. The minimum atomic E-state index is -0.774. The Hall–Kier alpha value is -4.33. The number of ketones is 1. The van der Waals surface area contributed by atoms with Crippen LogP contribution in [0.15, 0.2) is 78.9 Å². The fraction of sp³-hybridized carbons (Fsp3) is 0.432. The van der Waals surface area contributed by atoms with E-state index in [9.17, 15) is 19.5 Å². The lowest BCUT2D eigenvalue weighted by atomic mass is 9.87. The Morgan fingerprint density at radius 1 is 0.933 bits per heavy atom. The molecule has 3 aromatic rings. The highest BCUT2D eigenvalue weighted by Crippen LogP contribution is 2.57. The maximum Gasteiger partial charge on any atom is 0.310 e. The number of aliphatic carboxylic acids is 1. The summed E-state index contributed by atoms with van der Waals surface area (Å²) in [5.41, 5.74) is 1.78. The third-order valence-corrected chi connectivity index (χ3v) is 9.81. The molecule has 1 N–H and O–H groups in total. The molecule has 8 nitrogen and oxygen atoms in total. The lowest BCUT2D eigenvalue weighted by Gasteiger charge is -2.24. The Balaban J connectivity index is 1.24. The Morgan fingerprint density at radius 2 is 1.64 bits per heavy atom. The third-order valence-electron chi connectivity index (χ3n) is 9.81. The van der Waals surface area contributed by atoms with Crippen LogP contribution >= 0.6 is 0 Å². The Labute approximate surface area is 264 Å². The largest absolute Gasteiger partial charge is 0.481 e. The van der Waals surface area contributed by atoms with Gasteiger partial charge < -0.3 is 14.7 Å². The van der Waals surface area contributed by atoms with Gasteiger partial charge in [0.05, 0.1) is 17.0 Å². The summed E-state index contributed by atoms with van der Waals surface area (Å²) < 4.78 is 6.50. The van der Waals surface area contributed by atoms with E-state index < -0.39 is 23.2 Å². The average molecular weight is 608 g/mol. The number of rotatable bonds is 5. The average Bonchev–Trinajstić information content (AvgIpc) is 3.61. The molecule has 2 aromatic carbocycles. The molecule has 0 unspecified atom stereocenters. The number of benzene rings is 2. The minimum absolute atomic E-state index is 0.0193. The van der Waals surface area contributed by atoms with E-state index in [1.54, 1.807) is 4.90 Å². The Kier molecular flexibility index (Phi) is 9.10. The van der Waals surface area contributed by atoms with E-state index in [2.05, 4.69) is 6.08 Å².